The van der Waals surface area contributed by atoms with E-state index in [0.717, 1.165) is 23.8 Å². The second-order valence-electron chi connectivity index (χ2n) is 9.15. The van der Waals surface area contributed by atoms with Crippen molar-refractivity contribution in [2.45, 2.75) is 50.0 Å². The molecule has 0 unspecified atom stereocenters. The minimum atomic E-state index is -3.71. The van der Waals surface area contributed by atoms with Crippen molar-refractivity contribution in [3.63, 3.8) is 0 Å². The number of anilines is 2. The van der Waals surface area contributed by atoms with Gasteiger partial charge in [0.15, 0.2) is 0 Å². The molecule has 4 rings (SSSR count). The third kappa shape index (κ3) is 4.96. The molecule has 190 valence electrons. The van der Waals surface area contributed by atoms with E-state index in [0.29, 0.717) is 36.3 Å². The molecule has 2 N–H and O–H groups in total. The molecule has 3 aromatic rings. The van der Waals surface area contributed by atoms with Crippen LogP contribution in [-0.2, 0) is 26.8 Å². The molecule has 0 radical (unpaired) electrons. The van der Waals surface area contributed by atoms with Crippen LogP contribution in [0.5, 0.6) is 0 Å². The molecule has 2 heterocycles. The zero-order valence-corrected chi connectivity index (χ0v) is 21.2. The summed E-state index contributed by atoms with van der Waals surface area (Å²) in [5, 5.41) is 15.3. The van der Waals surface area contributed by atoms with Crippen LogP contribution in [0.15, 0.2) is 53.7 Å². The maximum Gasteiger partial charge on any atom is 0.246 e. The van der Waals surface area contributed by atoms with Gasteiger partial charge in [0.1, 0.15) is 17.0 Å². The predicted octanol–water partition coefficient (Wildman–Crippen LogP) is 4.40. The van der Waals surface area contributed by atoms with Gasteiger partial charge in [0.25, 0.3) is 0 Å². The number of nitrogens with one attached hydrogen (secondary N) is 2. The number of rotatable bonds is 9. The number of aromatic nitrogens is 2. The summed E-state index contributed by atoms with van der Waals surface area (Å²) in [6.07, 6.45) is 6.57. The Balaban J connectivity index is 1.57. The van der Waals surface area contributed by atoms with E-state index >= 15 is 0 Å². The van der Waals surface area contributed by atoms with Crippen molar-refractivity contribution in [1.29, 1.82) is 5.41 Å². The summed E-state index contributed by atoms with van der Waals surface area (Å²) < 4.78 is 42.6. The van der Waals surface area contributed by atoms with Crippen LogP contribution >= 0.6 is 0 Å². The molecule has 0 amide bonds. The van der Waals surface area contributed by atoms with Crippen molar-refractivity contribution in [2.24, 2.45) is 0 Å². The van der Waals surface area contributed by atoms with E-state index in [1.807, 2.05) is 26.0 Å². The van der Waals surface area contributed by atoms with Crippen molar-refractivity contribution in [3.05, 3.63) is 71.3 Å². The molecular weight excluding hydrogens is 481 g/mol. The number of aldehydes is 1. The van der Waals surface area contributed by atoms with Crippen molar-refractivity contribution < 1.29 is 17.6 Å². The van der Waals surface area contributed by atoms with Gasteiger partial charge in [0.05, 0.1) is 11.6 Å². The average Bonchev–Trinajstić information content (AvgIpc) is 3.35. The van der Waals surface area contributed by atoms with Gasteiger partial charge in [-0.2, -0.15) is 9.40 Å². The molecule has 2 aromatic carbocycles. The second kappa shape index (κ2) is 10.3. The predicted molar refractivity (Wildman–Crippen MR) is 137 cm³/mol. The molecule has 0 saturated carbocycles. The van der Waals surface area contributed by atoms with Gasteiger partial charge in [-0.15, -0.1) is 0 Å². The number of halogens is 1. The first-order valence-corrected chi connectivity index (χ1v) is 13.3. The smallest absolute Gasteiger partial charge is 0.246 e. The van der Waals surface area contributed by atoms with Gasteiger partial charge in [-0.1, -0.05) is 6.92 Å². The number of piperidine rings is 1. The van der Waals surface area contributed by atoms with Crippen LogP contribution < -0.4 is 5.32 Å². The van der Waals surface area contributed by atoms with E-state index in [1.165, 1.54) is 28.8 Å². The number of hydrogen-bond donors (Lipinski definition) is 2. The lowest BCUT2D eigenvalue weighted by atomic mass is 9.72. The van der Waals surface area contributed by atoms with Crippen molar-refractivity contribution in [1.82, 2.24) is 14.1 Å². The number of carbonyl (C=O) groups excluding carboxylic acids is 1. The monoisotopic (exact) mass is 511 g/mol. The van der Waals surface area contributed by atoms with E-state index in [2.05, 4.69) is 10.4 Å². The largest absolute Gasteiger partial charge is 0.355 e. The fraction of sp³-hybridized carbons (Fsp3) is 0.346. The lowest BCUT2D eigenvalue weighted by molar-refractivity contribution is -0.113. The molecule has 0 bridgehead atoms. The van der Waals surface area contributed by atoms with Crippen molar-refractivity contribution >= 4 is 33.9 Å². The zero-order valence-electron chi connectivity index (χ0n) is 20.4. The third-order valence-electron chi connectivity index (χ3n) is 6.75. The first-order chi connectivity index (χ1) is 17.2. The molecule has 10 heteroatoms. The van der Waals surface area contributed by atoms with Crippen molar-refractivity contribution in [3.8, 4) is 0 Å². The average molecular weight is 512 g/mol. The normalized spacial score (nSPS) is 16.0. The van der Waals surface area contributed by atoms with Crippen LogP contribution in [-0.4, -0.2) is 48.1 Å². The Bertz CT molecular complexity index is 1360. The number of benzene rings is 2. The number of sulfonamides is 1. The third-order valence-corrected chi connectivity index (χ3v) is 8.60. The van der Waals surface area contributed by atoms with Gasteiger partial charge in [0, 0.05) is 49.0 Å². The Kier molecular flexibility index (Phi) is 7.37. The van der Waals surface area contributed by atoms with E-state index in [1.54, 1.807) is 23.0 Å². The van der Waals surface area contributed by atoms with E-state index < -0.39 is 15.4 Å². The molecule has 8 nitrogen and oxygen atoms in total. The molecule has 1 aliphatic heterocycles. The maximum atomic E-state index is 13.3. The fourth-order valence-electron chi connectivity index (χ4n) is 4.73. The van der Waals surface area contributed by atoms with Crippen LogP contribution in [0.2, 0.25) is 0 Å². The first-order valence-electron chi connectivity index (χ1n) is 11.9. The Labute approximate surface area is 210 Å². The first kappa shape index (κ1) is 25.7. The van der Waals surface area contributed by atoms with Crippen LogP contribution in [0, 0.1) is 18.2 Å². The van der Waals surface area contributed by atoms with Gasteiger partial charge < -0.3 is 15.5 Å². The van der Waals surface area contributed by atoms with Gasteiger partial charge in [-0.25, -0.2) is 12.8 Å². The fourth-order valence-corrected chi connectivity index (χ4v) is 6.13. The Morgan fingerprint density at radius 1 is 1.19 bits per heavy atom. The van der Waals surface area contributed by atoms with Crippen LogP contribution in [0.4, 0.5) is 15.8 Å². The highest BCUT2D eigenvalue weighted by Crippen LogP contribution is 2.39. The lowest BCUT2D eigenvalue weighted by Gasteiger charge is -2.38. The summed E-state index contributed by atoms with van der Waals surface area (Å²) in [5.74, 6) is -0.338. The summed E-state index contributed by atoms with van der Waals surface area (Å²) in [4.78, 5) is 12.6. The Hall–Kier alpha value is -3.37. The van der Waals surface area contributed by atoms with Gasteiger partial charge in [-0.3, -0.25) is 4.68 Å². The molecule has 0 spiro atoms. The highest BCUT2D eigenvalue weighted by Gasteiger charge is 2.41. The Morgan fingerprint density at radius 2 is 1.89 bits per heavy atom. The van der Waals surface area contributed by atoms with E-state index in [4.69, 9.17) is 5.41 Å². The second-order valence-corrected chi connectivity index (χ2v) is 11.1. The summed E-state index contributed by atoms with van der Waals surface area (Å²) in [7, 11) is -3.71. The van der Waals surface area contributed by atoms with Crippen LogP contribution in [0.3, 0.4) is 0 Å². The molecule has 36 heavy (non-hydrogen) atoms. The quantitative estimate of drug-likeness (QED) is 0.327. The number of carbonyl (C=O) groups is 1. The molecule has 1 aliphatic rings. The van der Waals surface area contributed by atoms with E-state index in [-0.39, 0.29) is 23.8 Å². The Morgan fingerprint density at radius 3 is 2.50 bits per heavy atom. The van der Waals surface area contributed by atoms with Crippen molar-refractivity contribution in [2.75, 3.05) is 18.4 Å². The summed E-state index contributed by atoms with van der Waals surface area (Å²) in [6, 6.07) is 9.62. The van der Waals surface area contributed by atoms with Gasteiger partial charge in [-0.05, 0) is 73.7 Å². The molecule has 1 aromatic heterocycles. The summed E-state index contributed by atoms with van der Waals surface area (Å²) >= 11 is 0. The minimum absolute atomic E-state index is 0.160. The zero-order chi connectivity index (χ0) is 25.9. The van der Waals surface area contributed by atoms with E-state index in [9.17, 15) is 17.6 Å². The number of nitrogens with zero attached hydrogens (tertiary/aromatic N) is 3. The number of aryl methyl sites for hydroxylation is 2. The SMILES string of the molecule is CCCn1cc(S(=O)(=O)N2CCC(C=O)(c3cc(C=N)c(Nc4ccc(F)cc4)cc3C)CC2)cn1. The van der Waals surface area contributed by atoms with Gasteiger partial charge >= 0.3 is 0 Å². The van der Waals surface area contributed by atoms with Crippen LogP contribution in [0.25, 0.3) is 0 Å². The lowest BCUT2D eigenvalue weighted by Crippen LogP contribution is -2.46. The minimum Gasteiger partial charge on any atom is -0.355 e. The standard InChI is InChI=1S/C26H30FN5O3S/c1-3-10-31-17-23(16-29-31)36(34,35)32-11-8-26(18-33,9-12-32)24-14-20(15-28)25(13-19(24)2)30-22-6-4-21(27)5-7-22/h4-7,13-18,28,30H,3,8-12H2,1-2H3. The molecule has 1 saturated heterocycles. The highest BCUT2D eigenvalue weighted by molar-refractivity contribution is 7.89. The molecule has 0 aliphatic carbocycles. The highest BCUT2D eigenvalue weighted by atomic mass is 32.2. The molecule has 0 atom stereocenters. The maximum absolute atomic E-state index is 13.3. The summed E-state index contributed by atoms with van der Waals surface area (Å²) in [6.45, 7) is 4.94. The molecular formula is C26H30FN5O3S. The van der Waals surface area contributed by atoms with Gasteiger partial charge in [0.2, 0.25) is 10.0 Å². The summed E-state index contributed by atoms with van der Waals surface area (Å²) in [5.41, 5.74) is 2.72. The van der Waals surface area contributed by atoms with Crippen LogP contribution in [0.1, 0.15) is 42.9 Å². The topological polar surface area (TPSA) is 108 Å². The number of hydrogen-bond acceptors (Lipinski definition) is 6. The molecule has 1 fully saturated rings.